The Morgan fingerprint density at radius 3 is 2.60 bits per heavy atom. The van der Waals surface area contributed by atoms with Gasteiger partial charge in [0.15, 0.2) is 5.82 Å². The minimum absolute atomic E-state index is 0.242. The number of carbonyl (C=O) groups is 1. The first-order valence-electron chi connectivity index (χ1n) is 4.44. The van der Waals surface area contributed by atoms with Crippen LogP contribution >= 0.6 is 0 Å². The summed E-state index contributed by atoms with van der Waals surface area (Å²) in [5, 5.41) is 0.818. The molecular weight excluding hydrogens is 196 g/mol. The second-order valence-corrected chi connectivity index (χ2v) is 3.91. The molecule has 1 aromatic heterocycles. The van der Waals surface area contributed by atoms with Gasteiger partial charge in [-0.1, -0.05) is 0 Å². The largest absolute Gasteiger partial charge is 0.442 e. The van der Waals surface area contributed by atoms with Crippen molar-refractivity contribution in [2.24, 2.45) is 5.84 Å². The number of nitrogens with two attached hydrogens (primary N) is 1. The van der Waals surface area contributed by atoms with Crippen LogP contribution in [-0.2, 0) is 4.74 Å². The number of hydrogen-bond acceptors (Lipinski definition) is 5. The van der Waals surface area contributed by atoms with Gasteiger partial charge in [-0.05, 0) is 20.8 Å². The summed E-state index contributed by atoms with van der Waals surface area (Å²) < 4.78 is 5.05. The molecule has 0 radical (unpaired) electrons. The van der Waals surface area contributed by atoms with Crippen molar-refractivity contribution in [3.05, 3.63) is 18.6 Å². The Morgan fingerprint density at radius 2 is 2.13 bits per heavy atom. The van der Waals surface area contributed by atoms with Crippen LogP contribution in [0.5, 0.6) is 0 Å². The van der Waals surface area contributed by atoms with E-state index in [1.165, 1.54) is 18.6 Å². The molecule has 82 valence electrons. The summed E-state index contributed by atoms with van der Waals surface area (Å²) in [6.45, 7) is 5.28. The molecule has 0 aliphatic rings. The smallest absolute Gasteiger partial charge is 0.430 e. The van der Waals surface area contributed by atoms with Crippen LogP contribution in [0.1, 0.15) is 20.8 Å². The number of anilines is 1. The predicted molar refractivity (Wildman–Crippen MR) is 54.9 cm³/mol. The van der Waals surface area contributed by atoms with Crippen LogP contribution in [0.3, 0.4) is 0 Å². The standard InChI is InChI=1S/C9H14N4O2/c1-9(2,3)15-8(14)13(10)7-6-11-4-5-12-7/h4-6H,10H2,1-3H3. The number of carbonyl (C=O) groups excluding carboxylic acids is 1. The molecule has 15 heavy (non-hydrogen) atoms. The van der Waals surface area contributed by atoms with E-state index in [0.29, 0.717) is 0 Å². The van der Waals surface area contributed by atoms with Crippen LogP contribution in [-0.4, -0.2) is 21.7 Å². The number of ether oxygens (including phenoxy) is 1. The van der Waals surface area contributed by atoms with Crippen molar-refractivity contribution >= 4 is 11.9 Å². The van der Waals surface area contributed by atoms with Crippen LogP contribution in [0.25, 0.3) is 0 Å². The highest BCUT2D eigenvalue weighted by Crippen LogP contribution is 2.11. The van der Waals surface area contributed by atoms with Gasteiger partial charge >= 0.3 is 6.09 Å². The zero-order valence-corrected chi connectivity index (χ0v) is 8.97. The average Bonchev–Trinajstić information content (AvgIpc) is 2.15. The van der Waals surface area contributed by atoms with Crippen molar-refractivity contribution in [2.45, 2.75) is 26.4 Å². The Labute approximate surface area is 88.0 Å². The molecule has 1 amide bonds. The molecule has 6 nitrogen and oxygen atoms in total. The minimum Gasteiger partial charge on any atom is -0.442 e. The van der Waals surface area contributed by atoms with Crippen LogP contribution in [0.2, 0.25) is 0 Å². The van der Waals surface area contributed by atoms with Crippen molar-refractivity contribution in [2.75, 3.05) is 5.01 Å². The second-order valence-electron chi connectivity index (χ2n) is 3.91. The molecular formula is C9H14N4O2. The molecule has 0 fully saturated rings. The van der Waals surface area contributed by atoms with Gasteiger partial charge in [0.25, 0.3) is 0 Å². The second kappa shape index (κ2) is 4.22. The molecule has 2 N–H and O–H groups in total. The maximum Gasteiger partial charge on any atom is 0.430 e. The van der Waals surface area contributed by atoms with Gasteiger partial charge < -0.3 is 4.74 Å². The average molecular weight is 210 g/mol. The van der Waals surface area contributed by atoms with E-state index in [0.717, 1.165) is 5.01 Å². The van der Waals surface area contributed by atoms with Gasteiger partial charge in [-0.25, -0.2) is 15.6 Å². The minimum atomic E-state index is -0.664. The monoisotopic (exact) mass is 210 g/mol. The first-order chi connectivity index (χ1) is 6.90. The Kier molecular flexibility index (Phi) is 3.21. The molecule has 1 aromatic rings. The summed E-state index contributed by atoms with van der Waals surface area (Å²) in [6, 6.07) is 0. The number of hydrazine groups is 1. The molecule has 0 aliphatic heterocycles. The van der Waals surface area contributed by atoms with E-state index in [9.17, 15) is 4.79 Å². The lowest BCUT2D eigenvalue weighted by molar-refractivity contribution is 0.0579. The number of nitrogens with zero attached hydrogens (tertiary/aromatic N) is 3. The molecule has 0 unspecified atom stereocenters. The highest BCUT2D eigenvalue weighted by atomic mass is 16.6. The fourth-order valence-corrected chi connectivity index (χ4v) is 0.820. The lowest BCUT2D eigenvalue weighted by Crippen LogP contribution is -2.42. The van der Waals surface area contributed by atoms with Gasteiger partial charge in [0, 0.05) is 12.4 Å². The van der Waals surface area contributed by atoms with E-state index in [4.69, 9.17) is 10.6 Å². The van der Waals surface area contributed by atoms with Gasteiger partial charge in [-0.2, -0.15) is 5.01 Å². The highest BCUT2D eigenvalue weighted by molar-refractivity contribution is 5.84. The van der Waals surface area contributed by atoms with Gasteiger partial charge in [-0.15, -0.1) is 0 Å². The first kappa shape index (κ1) is 11.4. The van der Waals surface area contributed by atoms with Crippen molar-refractivity contribution in [1.29, 1.82) is 0 Å². The van der Waals surface area contributed by atoms with E-state index >= 15 is 0 Å². The molecule has 1 heterocycles. The van der Waals surface area contributed by atoms with Gasteiger partial charge in [0.05, 0.1) is 6.20 Å². The first-order valence-corrected chi connectivity index (χ1v) is 4.44. The zero-order valence-electron chi connectivity index (χ0n) is 8.97. The summed E-state index contributed by atoms with van der Waals surface area (Å²) in [5.74, 6) is 5.74. The van der Waals surface area contributed by atoms with E-state index in [1.807, 2.05) is 0 Å². The van der Waals surface area contributed by atoms with Gasteiger partial charge in [0.2, 0.25) is 0 Å². The van der Waals surface area contributed by atoms with Gasteiger partial charge in [0.1, 0.15) is 5.60 Å². The summed E-state index contributed by atoms with van der Waals surface area (Å²) in [7, 11) is 0. The molecule has 1 rings (SSSR count). The van der Waals surface area contributed by atoms with E-state index in [1.54, 1.807) is 20.8 Å². The van der Waals surface area contributed by atoms with Crippen molar-refractivity contribution in [3.8, 4) is 0 Å². The topological polar surface area (TPSA) is 81.3 Å². The zero-order chi connectivity index (χ0) is 11.5. The summed E-state index contributed by atoms with van der Waals surface area (Å²) in [4.78, 5) is 19.1. The lowest BCUT2D eigenvalue weighted by Gasteiger charge is -2.23. The fraction of sp³-hybridized carbons (Fsp3) is 0.444. The van der Waals surface area contributed by atoms with Crippen LogP contribution in [0.15, 0.2) is 18.6 Å². The molecule has 0 aliphatic carbocycles. The third-order valence-corrected chi connectivity index (χ3v) is 1.39. The molecule has 0 saturated carbocycles. The van der Waals surface area contributed by atoms with E-state index in [2.05, 4.69) is 9.97 Å². The predicted octanol–water partition coefficient (Wildman–Crippen LogP) is 1.09. The third kappa shape index (κ3) is 3.51. The van der Waals surface area contributed by atoms with Crippen LogP contribution in [0, 0.1) is 0 Å². The summed E-state index contributed by atoms with van der Waals surface area (Å²) in [6.07, 6.45) is 3.65. The van der Waals surface area contributed by atoms with Crippen LogP contribution < -0.4 is 10.9 Å². The molecule has 0 spiro atoms. The fourth-order valence-electron chi connectivity index (χ4n) is 0.820. The summed E-state index contributed by atoms with van der Waals surface area (Å²) >= 11 is 0. The van der Waals surface area contributed by atoms with E-state index in [-0.39, 0.29) is 5.82 Å². The SMILES string of the molecule is CC(C)(C)OC(=O)N(N)c1cnccn1. The molecule has 0 bridgehead atoms. The third-order valence-electron chi connectivity index (χ3n) is 1.39. The normalized spacial score (nSPS) is 10.9. The maximum absolute atomic E-state index is 11.5. The highest BCUT2D eigenvalue weighted by Gasteiger charge is 2.21. The Bertz CT molecular complexity index is 334. The van der Waals surface area contributed by atoms with Crippen molar-refractivity contribution in [1.82, 2.24) is 9.97 Å². The quantitative estimate of drug-likeness (QED) is 0.426. The molecule has 0 atom stereocenters. The Hall–Kier alpha value is -1.69. The van der Waals surface area contributed by atoms with E-state index < -0.39 is 11.7 Å². The van der Waals surface area contributed by atoms with Crippen molar-refractivity contribution in [3.63, 3.8) is 0 Å². The van der Waals surface area contributed by atoms with Crippen LogP contribution in [0.4, 0.5) is 10.6 Å². The molecule has 0 aromatic carbocycles. The Morgan fingerprint density at radius 1 is 1.47 bits per heavy atom. The Balaban J connectivity index is 2.70. The number of amides is 1. The lowest BCUT2D eigenvalue weighted by atomic mass is 10.2. The van der Waals surface area contributed by atoms with Crippen molar-refractivity contribution < 1.29 is 9.53 Å². The summed E-state index contributed by atoms with van der Waals surface area (Å²) in [5.41, 5.74) is -0.586. The molecule has 0 saturated heterocycles. The van der Waals surface area contributed by atoms with Gasteiger partial charge in [-0.3, -0.25) is 4.98 Å². The maximum atomic E-state index is 11.5. The number of aromatic nitrogens is 2. The molecule has 6 heteroatoms. The number of hydrogen-bond donors (Lipinski definition) is 1. The number of rotatable bonds is 1.